The molecular weight excluding hydrogens is 192 g/mol. The molecule has 0 N–H and O–H groups in total. The van der Waals surface area contributed by atoms with Gasteiger partial charge in [0.05, 0.1) is 0 Å². The van der Waals surface area contributed by atoms with Crippen LogP contribution < -0.4 is 0 Å². The van der Waals surface area contributed by atoms with E-state index in [1.165, 1.54) is 13.0 Å². The first-order valence-electron chi connectivity index (χ1n) is 4.84. The monoisotopic (exact) mass is 206 g/mol. The molecule has 0 radical (unpaired) electrons. The highest BCUT2D eigenvalue weighted by molar-refractivity contribution is 6.23. The van der Waals surface area contributed by atoms with Crippen LogP contribution in [0, 0.1) is 5.92 Å². The smallest absolute Gasteiger partial charge is 0.185 e. The van der Waals surface area contributed by atoms with E-state index >= 15 is 0 Å². The van der Waals surface area contributed by atoms with Gasteiger partial charge in [-0.25, -0.2) is 0 Å². The Bertz CT molecular complexity index is 411. The Morgan fingerprint density at radius 2 is 1.73 bits per heavy atom. The van der Waals surface area contributed by atoms with Crippen LogP contribution in [-0.4, -0.2) is 17.3 Å². The summed E-state index contributed by atoms with van der Waals surface area (Å²) < 4.78 is 0. The van der Waals surface area contributed by atoms with Crippen LogP contribution in [0.3, 0.4) is 0 Å². The molecule has 3 heteroatoms. The van der Waals surface area contributed by atoms with Gasteiger partial charge < -0.3 is 0 Å². The summed E-state index contributed by atoms with van der Waals surface area (Å²) in [6.07, 6.45) is 1.29. The van der Waals surface area contributed by atoms with Crippen LogP contribution in [0.5, 0.6) is 0 Å². The van der Waals surface area contributed by atoms with Crippen molar-refractivity contribution in [3.8, 4) is 0 Å². The van der Waals surface area contributed by atoms with E-state index in [9.17, 15) is 14.4 Å². The summed E-state index contributed by atoms with van der Waals surface area (Å²) in [6, 6.07) is 0. The van der Waals surface area contributed by atoms with Gasteiger partial charge in [-0.3, -0.25) is 14.4 Å². The molecule has 0 aromatic carbocycles. The largest absolute Gasteiger partial charge is 0.299 e. The van der Waals surface area contributed by atoms with Crippen LogP contribution in [0.1, 0.15) is 27.7 Å². The number of rotatable bonds is 2. The van der Waals surface area contributed by atoms with Gasteiger partial charge in [-0.15, -0.1) is 0 Å². The SMILES string of the molecule is CC(=O)C(C)C1=CC(=O)C(C)=C(C)C1=O. The highest BCUT2D eigenvalue weighted by Gasteiger charge is 2.28. The zero-order valence-electron chi connectivity index (χ0n) is 9.38. The molecule has 3 nitrogen and oxygen atoms in total. The summed E-state index contributed by atoms with van der Waals surface area (Å²) in [5.41, 5.74) is 1.24. The lowest BCUT2D eigenvalue weighted by molar-refractivity contribution is -0.121. The summed E-state index contributed by atoms with van der Waals surface area (Å²) >= 11 is 0. The fourth-order valence-corrected chi connectivity index (χ4v) is 1.43. The molecule has 0 saturated carbocycles. The molecule has 0 aromatic rings. The Kier molecular flexibility index (Phi) is 3.03. The maximum atomic E-state index is 11.8. The molecule has 1 atom stereocenters. The molecule has 1 aliphatic carbocycles. The third-order valence-corrected chi connectivity index (χ3v) is 2.90. The number of carbonyl (C=O) groups excluding carboxylic acids is 3. The van der Waals surface area contributed by atoms with Crippen LogP contribution in [0.15, 0.2) is 22.8 Å². The lowest BCUT2D eigenvalue weighted by Crippen LogP contribution is -2.23. The molecule has 0 bridgehead atoms. The van der Waals surface area contributed by atoms with Crippen LogP contribution in [0.2, 0.25) is 0 Å². The third-order valence-electron chi connectivity index (χ3n) is 2.90. The van der Waals surface area contributed by atoms with E-state index in [2.05, 4.69) is 0 Å². The molecule has 1 rings (SSSR count). The van der Waals surface area contributed by atoms with Crippen molar-refractivity contribution in [2.75, 3.05) is 0 Å². The summed E-state index contributed by atoms with van der Waals surface area (Å²) in [5.74, 6) is -0.954. The zero-order chi connectivity index (χ0) is 11.7. The molecule has 0 aromatic heterocycles. The molecule has 0 fully saturated rings. The van der Waals surface area contributed by atoms with Gasteiger partial charge >= 0.3 is 0 Å². The van der Waals surface area contributed by atoms with Gasteiger partial charge in [0.15, 0.2) is 11.6 Å². The lowest BCUT2D eigenvalue weighted by atomic mass is 9.84. The van der Waals surface area contributed by atoms with E-state index in [-0.39, 0.29) is 17.3 Å². The summed E-state index contributed by atoms with van der Waals surface area (Å²) in [5, 5.41) is 0. The molecule has 0 heterocycles. The Balaban J connectivity index is 3.16. The summed E-state index contributed by atoms with van der Waals surface area (Å²) in [7, 11) is 0. The summed E-state index contributed by atoms with van der Waals surface area (Å²) in [6.45, 7) is 6.31. The van der Waals surface area contributed by atoms with Crippen molar-refractivity contribution in [3.63, 3.8) is 0 Å². The fraction of sp³-hybridized carbons (Fsp3) is 0.417. The van der Waals surface area contributed by atoms with Gasteiger partial charge in [0, 0.05) is 22.6 Å². The van der Waals surface area contributed by atoms with Gasteiger partial charge in [-0.2, -0.15) is 0 Å². The van der Waals surface area contributed by atoms with Crippen molar-refractivity contribution >= 4 is 17.3 Å². The maximum Gasteiger partial charge on any atom is 0.185 e. The van der Waals surface area contributed by atoms with Gasteiger partial charge in [-0.1, -0.05) is 6.92 Å². The van der Waals surface area contributed by atoms with Crippen LogP contribution in [0.4, 0.5) is 0 Å². The third kappa shape index (κ3) is 1.96. The normalized spacial score (nSPS) is 19.1. The first-order valence-corrected chi connectivity index (χ1v) is 4.84. The first kappa shape index (κ1) is 11.6. The Morgan fingerprint density at radius 3 is 2.20 bits per heavy atom. The molecular formula is C12H14O3. The molecule has 1 aliphatic rings. The standard InChI is InChI=1S/C12H14O3/c1-6-7(2)12(15)10(5-11(6)14)8(3)9(4)13/h5,8H,1-4H3. The minimum Gasteiger partial charge on any atom is -0.299 e. The average molecular weight is 206 g/mol. The van der Waals surface area contributed by atoms with Crippen molar-refractivity contribution in [2.45, 2.75) is 27.7 Å². The Morgan fingerprint density at radius 1 is 1.20 bits per heavy atom. The number of ketones is 3. The van der Waals surface area contributed by atoms with Gasteiger partial charge in [0.25, 0.3) is 0 Å². The molecule has 80 valence electrons. The van der Waals surface area contributed by atoms with Crippen LogP contribution >= 0.6 is 0 Å². The molecule has 0 amide bonds. The van der Waals surface area contributed by atoms with E-state index in [1.54, 1.807) is 20.8 Å². The average Bonchev–Trinajstić information content (AvgIpc) is 2.19. The minimum absolute atomic E-state index is 0.102. The number of carbonyl (C=O) groups is 3. The second kappa shape index (κ2) is 3.93. The molecule has 0 spiro atoms. The van der Waals surface area contributed by atoms with E-state index in [0.717, 1.165) is 0 Å². The highest BCUT2D eigenvalue weighted by atomic mass is 16.1. The quantitative estimate of drug-likeness (QED) is 0.645. The summed E-state index contributed by atoms with van der Waals surface area (Å²) in [4.78, 5) is 34.4. The molecule has 15 heavy (non-hydrogen) atoms. The minimum atomic E-state index is -0.496. The van der Waals surface area contributed by atoms with E-state index < -0.39 is 5.92 Å². The Hall–Kier alpha value is -1.51. The van der Waals surface area contributed by atoms with Gasteiger partial charge in [0.1, 0.15) is 5.78 Å². The van der Waals surface area contributed by atoms with E-state index in [0.29, 0.717) is 16.7 Å². The highest BCUT2D eigenvalue weighted by Crippen LogP contribution is 2.24. The molecule has 0 aliphatic heterocycles. The van der Waals surface area contributed by atoms with Crippen LogP contribution in [0.25, 0.3) is 0 Å². The van der Waals surface area contributed by atoms with Crippen molar-refractivity contribution in [2.24, 2.45) is 5.92 Å². The number of hydrogen-bond donors (Lipinski definition) is 0. The van der Waals surface area contributed by atoms with Gasteiger partial charge in [-0.05, 0) is 26.8 Å². The number of hydrogen-bond acceptors (Lipinski definition) is 3. The van der Waals surface area contributed by atoms with E-state index in [1.807, 2.05) is 0 Å². The number of Topliss-reactive ketones (excluding diaryl/α,β-unsaturated/α-hetero) is 2. The van der Waals surface area contributed by atoms with Gasteiger partial charge in [0.2, 0.25) is 0 Å². The fourth-order valence-electron chi connectivity index (χ4n) is 1.43. The predicted molar refractivity (Wildman–Crippen MR) is 56.3 cm³/mol. The first-order chi connectivity index (χ1) is 6.86. The zero-order valence-corrected chi connectivity index (χ0v) is 9.38. The Labute approximate surface area is 88.9 Å². The molecule has 0 saturated heterocycles. The lowest BCUT2D eigenvalue weighted by Gasteiger charge is -2.17. The number of allylic oxidation sites excluding steroid dienone is 4. The van der Waals surface area contributed by atoms with E-state index in [4.69, 9.17) is 0 Å². The van der Waals surface area contributed by atoms with Crippen molar-refractivity contribution in [1.82, 2.24) is 0 Å². The second-order valence-electron chi connectivity index (χ2n) is 3.88. The van der Waals surface area contributed by atoms with Crippen molar-refractivity contribution in [1.29, 1.82) is 0 Å². The maximum absolute atomic E-state index is 11.8. The van der Waals surface area contributed by atoms with Crippen molar-refractivity contribution < 1.29 is 14.4 Å². The predicted octanol–water partition coefficient (Wildman–Crippen LogP) is 1.63. The van der Waals surface area contributed by atoms with Crippen molar-refractivity contribution in [3.05, 3.63) is 22.8 Å². The molecule has 1 unspecified atom stereocenters. The van der Waals surface area contributed by atoms with Crippen LogP contribution in [-0.2, 0) is 14.4 Å². The second-order valence-corrected chi connectivity index (χ2v) is 3.88. The topological polar surface area (TPSA) is 51.2 Å².